The number of aliphatic hydroxyl groups excluding tert-OH is 3. The third kappa shape index (κ3) is 2.59. The molecule has 9 heteroatoms. The number of ether oxygens (including phenoxy) is 1. The minimum Gasteiger partial charge on any atom is -0.394 e. The SMILES string of the molecule is Nc1ncnc2c1ncn2[C@]1(CC2=CCc3ccccc32)O[C@H](CO)[C@@H](O)[C@H]1O. The average molecular weight is 395 g/mol. The van der Waals surface area contributed by atoms with Crippen LogP contribution in [0, 0.1) is 0 Å². The Hall–Kier alpha value is -2.85. The van der Waals surface area contributed by atoms with Crippen LogP contribution in [0.3, 0.4) is 0 Å². The first kappa shape index (κ1) is 18.2. The molecule has 1 aliphatic carbocycles. The van der Waals surface area contributed by atoms with E-state index in [9.17, 15) is 15.3 Å². The van der Waals surface area contributed by atoms with Gasteiger partial charge >= 0.3 is 0 Å². The van der Waals surface area contributed by atoms with Crippen molar-refractivity contribution < 1.29 is 20.1 Å². The maximum absolute atomic E-state index is 11.1. The summed E-state index contributed by atoms with van der Waals surface area (Å²) in [6, 6.07) is 8.03. The van der Waals surface area contributed by atoms with Gasteiger partial charge in [0.15, 0.2) is 17.2 Å². The lowest BCUT2D eigenvalue weighted by molar-refractivity contribution is -0.142. The Morgan fingerprint density at radius 3 is 2.83 bits per heavy atom. The number of imidazole rings is 1. The van der Waals surface area contributed by atoms with E-state index >= 15 is 0 Å². The lowest BCUT2D eigenvalue weighted by Gasteiger charge is -2.34. The highest BCUT2D eigenvalue weighted by Crippen LogP contribution is 2.45. The van der Waals surface area contributed by atoms with Gasteiger partial charge in [-0.2, -0.15) is 0 Å². The molecular formula is C20H21N5O4. The van der Waals surface area contributed by atoms with Gasteiger partial charge in [0.25, 0.3) is 0 Å². The van der Waals surface area contributed by atoms with Crippen LogP contribution in [0.2, 0.25) is 0 Å². The van der Waals surface area contributed by atoms with Crippen LogP contribution in [0.5, 0.6) is 0 Å². The fourth-order valence-electron chi connectivity index (χ4n) is 4.37. The molecule has 0 radical (unpaired) electrons. The zero-order valence-corrected chi connectivity index (χ0v) is 15.5. The van der Waals surface area contributed by atoms with Crippen LogP contribution in [-0.4, -0.2) is 59.8 Å². The zero-order chi connectivity index (χ0) is 20.2. The molecule has 4 atom stereocenters. The largest absolute Gasteiger partial charge is 0.394 e. The van der Waals surface area contributed by atoms with Gasteiger partial charge in [0.05, 0.1) is 12.9 Å². The van der Waals surface area contributed by atoms with Gasteiger partial charge in [0.2, 0.25) is 0 Å². The Labute approximate surface area is 166 Å². The van der Waals surface area contributed by atoms with Crippen molar-refractivity contribution in [1.82, 2.24) is 19.5 Å². The molecule has 2 aromatic heterocycles. The van der Waals surface area contributed by atoms with Gasteiger partial charge in [0.1, 0.15) is 30.2 Å². The van der Waals surface area contributed by atoms with E-state index < -0.39 is 30.6 Å². The van der Waals surface area contributed by atoms with Crippen molar-refractivity contribution in [2.75, 3.05) is 12.3 Å². The fourth-order valence-corrected chi connectivity index (χ4v) is 4.37. The van der Waals surface area contributed by atoms with Crippen molar-refractivity contribution in [1.29, 1.82) is 0 Å². The third-order valence-corrected chi connectivity index (χ3v) is 5.85. The van der Waals surface area contributed by atoms with Gasteiger partial charge in [-0.3, -0.25) is 4.57 Å². The first-order valence-electron chi connectivity index (χ1n) is 9.41. The maximum atomic E-state index is 11.1. The van der Waals surface area contributed by atoms with Crippen LogP contribution < -0.4 is 5.73 Å². The van der Waals surface area contributed by atoms with E-state index in [1.165, 1.54) is 18.2 Å². The summed E-state index contributed by atoms with van der Waals surface area (Å²) < 4.78 is 7.71. The molecule has 0 amide bonds. The van der Waals surface area contributed by atoms with Crippen molar-refractivity contribution in [2.45, 2.75) is 36.9 Å². The van der Waals surface area contributed by atoms with Crippen LogP contribution >= 0.6 is 0 Å². The first-order chi connectivity index (χ1) is 14.0. The molecule has 3 aromatic rings. The molecule has 3 heterocycles. The summed E-state index contributed by atoms with van der Waals surface area (Å²) in [6.07, 6.45) is 2.39. The van der Waals surface area contributed by atoms with E-state index in [-0.39, 0.29) is 12.2 Å². The van der Waals surface area contributed by atoms with E-state index in [4.69, 9.17) is 10.5 Å². The van der Waals surface area contributed by atoms with Crippen LogP contribution in [0.4, 0.5) is 5.82 Å². The maximum Gasteiger partial charge on any atom is 0.180 e. The summed E-state index contributed by atoms with van der Waals surface area (Å²) in [5.74, 6) is 0.209. The zero-order valence-electron chi connectivity index (χ0n) is 15.5. The summed E-state index contributed by atoms with van der Waals surface area (Å²) >= 11 is 0. The molecule has 1 fully saturated rings. The van der Waals surface area contributed by atoms with Gasteiger partial charge in [-0.05, 0) is 23.1 Å². The quantitative estimate of drug-likeness (QED) is 0.491. The minimum atomic E-state index is -1.41. The predicted molar refractivity (Wildman–Crippen MR) is 104 cm³/mol. The Balaban J connectivity index is 1.66. The second kappa shape index (κ2) is 6.60. The second-order valence-corrected chi connectivity index (χ2v) is 7.43. The van der Waals surface area contributed by atoms with Crippen molar-refractivity contribution in [3.8, 4) is 0 Å². The summed E-state index contributed by atoms with van der Waals surface area (Å²) in [4.78, 5) is 12.5. The number of nitrogen functional groups attached to an aromatic ring is 1. The number of hydrogen-bond donors (Lipinski definition) is 4. The highest BCUT2D eigenvalue weighted by Gasteiger charge is 2.56. The van der Waals surface area contributed by atoms with Crippen LogP contribution in [-0.2, 0) is 16.9 Å². The molecule has 2 aliphatic rings. The molecule has 0 unspecified atom stereocenters. The number of nitrogens with zero attached hydrogens (tertiary/aromatic N) is 4. The standard InChI is InChI=1S/C20H21N5O4/c21-18-15-19(23-9-22-18)25(10-24-15)20(17(28)16(27)14(8-26)29-20)7-12-6-5-11-3-1-2-4-13(11)12/h1-4,6,9-10,14,16-17,26-28H,5,7-8H2,(H2,21,22,23)/t14-,16-,17-,20-/m1/s1. The smallest absolute Gasteiger partial charge is 0.180 e. The van der Waals surface area contributed by atoms with Gasteiger partial charge in [-0.15, -0.1) is 0 Å². The monoisotopic (exact) mass is 395 g/mol. The Bertz CT molecular complexity index is 1110. The Morgan fingerprint density at radius 2 is 2.03 bits per heavy atom. The Morgan fingerprint density at radius 1 is 1.21 bits per heavy atom. The van der Waals surface area contributed by atoms with Gasteiger partial charge < -0.3 is 25.8 Å². The summed E-state index contributed by atoms with van der Waals surface area (Å²) in [6.45, 7) is -0.431. The predicted octanol–water partition coefficient (Wildman–Crippen LogP) is 0.204. The number of allylic oxidation sites excluding steroid dienone is 1. The molecule has 0 saturated carbocycles. The molecule has 150 valence electrons. The normalized spacial score (nSPS) is 28.7. The van der Waals surface area contributed by atoms with Crippen molar-refractivity contribution in [3.05, 3.63) is 54.1 Å². The minimum absolute atomic E-state index is 0.209. The topological polar surface area (TPSA) is 140 Å². The summed E-state index contributed by atoms with van der Waals surface area (Å²) in [5, 5.41) is 31.3. The summed E-state index contributed by atoms with van der Waals surface area (Å²) in [5.41, 5.74) is 8.51. The van der Waals surface area contributed by atoms with E-state index in [0.717, 1.165) is 17.6 Å². The summed E-state index contributed by atoms with van der Waals surface area (Å²) in [7, 11) is 0. The number of aromatic nitrogens is 4. The van der Waals surface area contributed by atoms with Gasteiger partial charge in [-0.1, -0.05) is 30.3 Å². The van der Waals surface area contributed by atoms with Crippen LogP contribution in [0.15, 0.2) is 43.0 Å². The molecule has 29 heavy (non-hydrogen) atoms. The molecule has 0 bridgehead atoms. The highest BCUT2D eigenvalue weighted by molar-refractivity contribution is 5.81. The molecule has 9 nitrogen and oxygen atoms in total. The van der Waals surface area contributed by atoms with E-state index in [2.05, 4.69) is 27.1 Å². The molecule has 5 rings (SSSR count). The van der Waals surface area contributed by atoms with Crippen molar-refractivity contribution >= 4 is 22.6 Å². The van der Waals surface area contributed by atoms with Crippen LogP contribution in [0.1, 0.15) is 17.5 Å². The van der Waals surface area contributed by atoms with Crippen molar-refractivity contribution in [3.63, 3.8) is 0 Å². The van der Waals surface area contributed by atoms with E-state index in [0.29, 0.717) is 11.2 Å². The van der Waals surface area contributed by atoms with E-state index in [1.807, 2.05) is 18.2 Å². The number of benzene rings is 1. The lowest BCUT2D eigenvalue weighted by atomic mass is 9.92. The molecule has 0 spiro atoms. The molecule has 1 saturated heterocycles. The number of anilines is 1. The fraction of sp³-hybridized carbons (Fsp3) is 0.350. The number of hydrogen-bond acceptors (Lipinski definition) is 8. The first-order valence-corrected chi connectivity index (χ1v) is 9.41. The lowest BCUT2D eigenvalue weighted by Crippen LogP contribution is -2.45. The van der Waals surface area contributed by atoms with Crippen molar-refractivity contribution in [2.24, 2.45) is 0 Å². The number of nitrogens with two attached hydrogens (primary N) is 1. The molecule has 1 aliphatic heterocycles. The number of aliphatic hydroxyl groups is 3. The third-order valence-electron chi connectivity index (χ3n) is 5.85. The average Bonchev–Trinajstić information content (AvgIpc) is 3.41. The van der Waals surface area contributed by atoms with Crippen LogP contribution in [0.25, 0.3) is 16.7 Å². The molecular weight excluding hydrogens is 374 g/mol. The Kier molecular flexibility index (Phi) is 4.14. The highest BCUT2D eigenvalue weighted by atomic mass is 16.6. The second-order valence-electron chi connectivity index (χ2n) is 7.43. The van der Waals surface area contributed by atoms with E-state index in [1.54, 1.807) is 4.57 Å². The molecule has 5 N–H and O–H groups in total. The number of fused-ring (bicyclic) bond motifs is 2. The van der Waals surface area contributed by atoms with Gasteiger partial charge in [0, 0.05) is 6.42 Å². The number of rotatable bonds is 4. The molecule has 1 aromatic carbocycles. The van der Waals surface area contributed by atoms with Gasteiger partial charge in [-0.25, -0.2) is 15.0 Å².